The number of amides is 1. The van der Waals surface area contributed by atoms with Crippen molar-refractivity contribution >= 4 is 11.6 Å². The summed E-state index contributed by atoms with van der Waals surface area (Å²) in [6, 6.07) is 10.2. The maximum Gasteiger partial charge on any atom is 0.238 e. The molecule has 30 heavy (non-hydrogen) atoms. The van der Waals surface area contributed by atoms with E-state index in [0.29, 0.717) is 6.54 Å². The number of methoxy groups -OCH3 is 2. The number of rotatable bonds is 7. The maximum absolute atomic E-state index is 12.5. The highest BCUT2D eigenvalue weighted by atomic mass is 16.5. The lowest BCUT2D eigenvalue weighted by molar-refractivity contribution is -0.117. The average molecular weight is 412 g/mol. The topological polar surface area (TPSA) is 54.0 Å². The summed E-state index contributed by atoms with van der Waals surface area (Å²) < 4.78 is 10.8. The van der Waals surface area contributed by atoms with Gasteiger partial charge < -0.3 is 14.8 Å². The summed E-state index contributed by atoms with van der Waals surface area (Å²) in [5.74, 6) is 1.57. The first kappa shape index (κ1) is 22.1. The Balaban J connectivity index is 1.51. The molecule has 1 heterocycles. The van der Waals surface area contributed by atoms with Crippen LogP contribution in [0.5, 0.6) is 11.5 Å². The predicted molar refractivity (Wildman–Crippen MR) is 121 cm³/mol. The number of piperazine rings is 1. The van der Waals surface area contributed by atoms with Gasteiger partial charge in [0, 0.05) is 38.4 Å². The predicted octanol–water partition coefficient (Wildman–Crippen LogP) is 3.39. The first-order chi connectivity index (χ1) is 14.4. The number of aryl methyl sites for hydroxylation is 3. The van der Waals surface area contributed by atoms with Gasteiger partial charge in [-0.25, -0.2) is 0 Å². The summed E-state index contributed by atoms with van der Waals surface area (Å²) >= 11 is 0. The first-order valence-corrected chi connectivity index (χ1v) is 10.4. The first-order valence-electron chi connectivity index (χ1n) is 10.4. The number of hydrogen-bond donors (Lipinski definition) is 1. The van der Waals surface area contributed by atoms with E-state index >= 15 is 0 Å². The zero-order valence-electron chi connectivity index (χ0n) is 18.7. The second-order valence-corrected chi connectivity index (χ2v) is 8.05. The highest BCUT2D eigenvalue weighted by Gasteiger charge is 2.20. The number of carbonyl (C=O) groups is 1. The van der Waals surface area contributed by atoms with Crippen LogP contribution in [0.3, 0.4) is 0 Å². The third-order valence-electron chi connectivity index (χ3n) is 5.72. The normalized spacial score (nSPS) is 15.1. The quantitative estimate of drug-likeness (QED) is 0.757. The molecule has 0 radical (unpaired) electrons. The Hall–Kier alpha value is -2.57. The third-order valence-corrected chi connectivity index (χ3v) is 5.72. The molecule has 0 atom stereocenters. The molecule has 2 aromatic rings. The van der Waals surface area contributed by atoms with E-state index in [1.165, 1.54) is 16.7 Å². The van der Waals surface area contributed by atoms with Gasteiger partial charge in [0.05, 0.1) is 20.8 Å². The van der Waals surface area contributed by atoms with E-state index in [4.69, 9.17) is 9.47 Å². The number of benzene rings is 2. The van der Waals surface area contributed by atoms with E-state index in [2.05, 4.69) is 41.1 Å². The van der Waals surface area contributed by atoms with E-state index in [-0.39, 0.29) is 5.91 Å². The van der Waals surface area contributed by atoms with Crippen molar-refractivity contribution in [1.29, 1.82) is 0 Å². The molecule has 6 nitrogen and oxygen atoms in total. The number of nitrogens with zero attached hydrogens (tertiary/aromatic N) is 2. The molecule has 0 saturated carbocycles. The zero-order chi connectivity index (χ0) is 21.7. The summed E-state index contributed by atoms with van der Waals surface area (Å²) in [6.07, 6.45) is 0. The van der Waals surface area contributed by atoms with Crippen LogP contribution in [0.25, 0.3) is 0 Å². The molecule has 1 saturated heterocycles. The van der Waals surface area contributed by atoms with Crippen LogP contribution in [0.2, 0.25) is 0 Å². The SMILES string of the molecule is COc1cc(C)c(CN2CCN(CC(=O)Nc3ccc(C)cc3C)CC2)cc1OC. The molecule has 162 valence electrons. The van der Waals surface area contributed by atoms with Crippen molar-refractivity contribution in [1.82, 2.24) is 9.80 Å². The van der Waals surface area contributed by atoms with Crippen molar-refractivity contribution in [2.24, 2.45) is 0 Å². The number of ether oxygens (including phenoxy) is 2. The fourth-order valence-corrected chi connectivity index (χ4v) is 3.89. The molecule has 0 bridgehead atoms. The smallest absolute Gasteiger partial charge is 0.238 e. The van der Waals surface area contributed by atoms with Gasteiger partial charge >= 0.3 is 0 Å². The molecule has 1 fully saturated rings. The van der Waals surface area contributed by atoms with Crippen LogP contribution < -0.4 is 14.8 Å². The Morgan fingerprint density at radius 1 is 0.900 bits per heavy atom. The zero-order valence-corrected chi connectivity index (χ0v) is 18.7. The molecule has 1 N–H and O–H groups in total. The minimum Gasteiger partial charge on any atom is -0.493 e. The third kappa shape index (κ3) is 5.52. The molecular formula is C24H33N3O3. The number of carbonyl (C=O) groups excluding carboxylic acids is 1. The average Bonchev–Trinajstić information content (AvgIpc) is 2.72. The van der Waals surface area contributed by atoms with E-state index < -0.39 is 0 Å². The van der Waals surface area contributed by atoms with Crippen molar-refractivity contribution in [3.05, 3.63) is 52.6 Å². The summed E-state index contributed by atoms with van der Waals surface area (Å²) in [4.78, 5) is 17.1. The number of hydrogen-bond acceptors (Lipinski definition) is 5. The van der Waals surface area contributed by atoms with E-state index in [0.717, 1.165) is 55.5 Å². The Labute approximate surface area is 179 Å². The van der Waals surface area contributed by atoms with Gasteiger partial charge in [0.25, 0.3) is 0 Å². The lowest BCUT2D eigenvalue weighted by Gasteiger charge is -2.34. The Morgan fingerprint density at radius 3 is 2.17 bits per heavy atom. The monoisotopic (exact) mass is 411 g/mol. The Morgan fingerprint density at radius 2 is 1.53 bits per heavy atom. The molecule has 0 aromatic heterocycles. The molecular weight excluding hydrogens is 378 g/mol. The van der Waals surface area contributed by atoms with Gasteiger partial charge in [0.2, 0.25) is 5.91 Å². The number of nitrogens with one attached hydrogen (secondary N) is 1. The molecule has 0 aliphatic carbocycles. The Kier molecular flexibility index (Phi) is 7.34. The standard InChI is InChI=1S/C24H33N3O3/c1-17-6-7-21(19(3)12-17)25-24(28)16-27-10-8-26(9-11-27)15-20-14-23(30-5)22(29-4)13-18(20)2/h6-7,12-14H,8-11,15-16H2,1-5H3,(H,25,28). The van der Waals surface area contributed by atoms with Crippen molar-refractivity contribution < 1.29 is 14.3 Å². The van der Waals surface area contributed by atoms with Crippen LogP contribution in [0.15, 0.2) is 30.3 Å². The van der Waals surface area contributed by atoms with Crippen LogP contribution in [0.1, 0.15) is 22.3 Å². The molecule has 6 heteroatoms. The van der Waals surface area contributed by atoms with Crippen molar-refractivity contribution in [3.63, 3.8) is 0 Å². The lowest BCUT2D eigenvalue weighted by atomic mass is 10.1. The fourth-order valence-electron chi connectivity index (χ4n) is 3.89. The van der Waals surface area contributed by atoms with E-state index in [9.17, 15) is 4.79 Å². The molecule has 0 spiro atoms. The minimum atomic E-state index is 0.0474. The summed E-state index contributed by atoms with van der Waals surface area (Å²) in [5.41, 5.74) is 5.63. The van der Waals surface area contributed by atoms with Gasteiger partial charge in [0.1, 0.15) is 0 Å². The minimum absolute atomic E-state index is 0.0474. The molecule has 1 aliphatic rings. The largest absolute Gasteiger partial charge is 0.493 e. The van der Waals surface area contributed by atoms with Gasteiger partial charge in [-0.15, -0.1) is 0 Å². The van der Waals surface area contributed by atoms with Gasteiger partial charge in [-0.1, -0.05) is 17.7 Å². The van der Waals surface area contributed by atoms with Gasteiger partial charge in [0.15, 0.2) is 11.5 Å². The lowest BCUT2D eigenvalue weighted by Crippen LogP contribution is -2.48. The summed E-state index contributed by atoms with van der Waals surface area (Å²) in [6.45, 7) is 11.1. The van der Waals surface area contributed by atoms with Gasteiger partial charge in [-0.3, -0.25) is 14.6 Å². The van der Waals surface area contributed by atoms with Crippen LogP contribution in [0, 0.1) is 20.8 Å². The second kappa shape index (κ2) is 9.96. The van der Waals surface area contributed by atoms with Crippen molar-refractivity contribution in [2.75, 3.05) is 52.3 Å². The molecule has 1 amide bonds. The highest BCUT2D eigenvalue weighted by Crippen LogP contribution is 2.31. The maximum atomic E-state index is 12.5. The molecule has 2 aromatic carbocycles. The van der Waals surface area contributed by atoms with Crippen molar-refractivity contribution in [2.45, 2.75) is 27.3 Å². The van der Waals surface area contributed by atoms with E-state index in [1.54, 1.807) is 14.2 Å². The van der Waals surface area contributed by atoms with Crippen molar-refractivity contribution in [3.8, 4) is 11.5 Å². The highest BCUT2D eigenvalue weighted by molar-refractivity contribution is 5.93. The van der Waals surface area contributed by atoms with Crippen LogP contribution in [-0.4, -0.2) is 62.7 Å². The Bertz CT molecular complexity index is 890. The molecule has 1 aliphatic heterocycles. The molecule has 0 unspecified atom stereocenters. The fraction of sp³-hybridized carbons (Fsp3) is 0.458. The molecule has 3 rings (SSSR count). The number of anilines is 1. The summed E-state index contributed by atoms with van der Waals surface area (Å²) in [7, 11) is 3.32. The van der Waals surface area contributed by atoms with Gasteiger partial charge in [-0.2, -0.15) is 0 Å². The second-order valence-electron chi connectivity index (χ2n) is 8.05. The van der Waals surface area contributed by atoms with Crippen LogP contribution in [0.4, 0.5) is 5.69 Å². The van der Waals surface area contributed by atoms with E-state index in [1.807, 2.05) is 25.1 Å². The summed E-state index contributed by atoms with van der Waals surface area (Å²) in [5, 5.41) is 3.05. The van der Waals surface area contributed by atoms with Crippen LogP contribution in [-0.2, 0) is 11.3 Å². The van der Waals surface area contributed by atoms with Crippen LogP contribution >= 0.6 is 0 Å². The van der Waals surface area contributed by atoms with Gasteiger partial charge in [-0.05, 0) is 55.7 Å².